The van der Waals surface area contributed by atoms with Gasteiger partial charge in [0.1, 0.15) is 0 Å². The van der Waals surface area contributed by atoms with Gasteiger partial charge in [0, 0.05) is 0 Å². The maximum absolute atomic E-state index is 2.58. The molecule has 2 fully saturated rings. The zero-order chi connectivity index (χ0) is 8.07. The molecule has 0 aromatic carbocycles. The fourth-order valence-corrected chi connectivity index (χ4v) is 3.98. The monoisotopic (exact) mass is 162 g/mol. The van der Waals surface area contributed by atoms with E-state index < -0.39 is 0 Å². The third-order valence-corrected chi connectivity index (χ3v) is 4.86. The molecule has 0 spiro atoms. The largest absolute Gasteiger partial charge is 0.0879 e. The molecule has 0 heteroatoms. The molecule has 0 heterocycles. The van der Waals surface area contributed by atoms with E-state index in [4.69, 9.17) is 0 Å². The highest BCUT2D eigenvalue weighted by Crippen LogP contribution is 2.68. The van der Waals surface area contributed by atoms with Crippen LogP contribution in [-0.4, -0.2) is 0 Å². The van der Waals surface area contributed by atoms with Crippen LogP contribution in [-0.2, 0) is 0 Å². The van der Waals surface area contributed by atoms with Crippen LogP contribution in [0.25, 0.3) is 0 Å². The van der Waals surface area contributed by atoms with Crippen LogP contribution in [0.2, 0.25) is 0 Å². The summed E-state index contributed by atoms with van der Waals surface area (Å²) >= 11 is 0. The molecule has 0 N–H and O–H groups in total. The van der Waals surface area contributed by atoms with E-state index in [0.29, 0.717) is 5.41 Å². The molecule has 0 aliphatic heterocycles. The van der Waals surface area contributed by atoms with Gasteiger partial charge in [-0.1, -0.05) is 25.0 Å². The fourth-order valence-electron chi connectivity index (χ4n) is 3.98. The first kappa shape index (κ1) is 7.17. The van der Waals surface area contributed by atoms with Gasteiger partial charge in [-0.05, 0) is 49.4 Å². The maximum Gasteiger partial charge on any atom is -0.00615 e. The molecule has 0 aromatic rings. The predicted octanol–water partition coefficient (Wildman–Crippen LogP) is 3.68. The summed E-state index contributed by atoms with van der Waals surface area (Å²) < 4.78 is 0. The first-order chi connectivity index (χ1) is 5.87. The minimum absolute atomic E-state index is 0.712. The molecule has 3 rings (SSSR count). The van der Waals surface area contributed by atoms with E-state index in [0.717, 1.165) is 5.41 Å². The van der Waals surface area contributed by atoms with Crippen molar-refractivity contribution in [3.8, 4) is 0 Å². The molecule has 66 valence electrons. The molecule has 12 heavy (non-hydrogen) atoms. The standard InChI is InChI=1S/C12H18/c1-2-6-12-8-4-3-7-11(12,5-1)9-10-12/h1,5H,2-4,6-10H2/t11-,12+/m0/s1. The highest BCUT2D eigenvalue weighted by molar-refractivity contribution is 5.20. The van der Waals surface area contributed by atoms with E-state index in [2.05, 4.69) is 12.2 Å². The first-order valence-electron chi connectivity index (χ1n) is 5.55. The van der Waals surface area contributed by atoms with Crippen LogP contribution in [0.15, 0.2) is 12.2 Å². The van der Waals surface area contributed by atoms with Gasteiger partial charge in [0.05, 0.1) is 0 Å². The van der Waals surface area contributed by atoms with Crippen molar-refractivity contribution >= 4 is 0 Å². The van der Waals surface area contributed by atoms with Gasteiger partial charge in [-0.2, -0.15) is 0 Å². The Morgan fingerprint density at radius 2 is 1.75 bits per heavy atom. The van der Waals surface area contributed by atoms with Gasteiger partial charge in [0.25, 0.3) is 0 Å². The molecule has 0 aromatic heterocycles. The second-order valence-electron chi connectivity index (χ2n) is 5.08. The van der Waals surface area contributed by atoms with Gasteiger partial charge in [-0.25, -0.2) is 0 Å². The highest BCUT2D eigenvalue weighted by atomic mass is 14.6. The Kier molecular flexibility index (Phi) is 1.29. The van der Waals surface area contributed by atoms with Crippen LogP contribution < -0.4 is 0 Å². The molecule has 0 unspecified atom stereocenters. The molecule has 0 nitrogen and oxygen atoms in total. The van der Waals surface area contributed by atoms with Crippen LogP contribution >= 0.6 is 0 Å². The van der Waals surface area contributed by atoms with Gasteiger partial charge in [0.2, 0.25) is 0 Å². The topological polar surface area (TPSA) is 0 Å². The lowest BCUT2D eigenvalue weighted by Gasteiger charge is -2.63. The number of hydrogen-bond acceptors (Lipinski definition) is 0. The van der Waals surface area contributed by atoms with Crippen molar-refractivity contribution < 1.29 is 0 Å². The second kappa shape index (κ2) is 2.16. The molecule has 0 saturated heterocycles. The summed E-state index contributed by atoms with van der Waals surface area (Å²) in [5.41, 5.74) is 1.52. The zero-order valence-corrected chi connectivity index (χ0v) is 7.81. The molecule has 0 bridgehead atoms. The summed E-state index contributed by atoms with van der Waals surface area (Å²) in [4.78, 5) is 0. The Hall–Kier alpha value is -0.260. The van der Waals surface area contributed by atoms with E-state index in [-0.39, 0.29) is 0 Å². The molecule has 3 aliphatic rings. The fraction of sp³-hybridized carbons (Fsp3) is 0.833. The van der Waals surface area contributed by atoms with Crippen molar-refractivity contribution in [2.45, 2.75) is 51.4 Å². The van der Waals surface area contributed by atoms with Crippen molar-refractivity contribution in [3.63, 3.8) is 0 Å². The van der Waals surface area contributed by atoms with Gasteiger partial charge in [-0.15, -0.1) is 0 Å². The highest BCUT2D eigenvalue weighted by Gasteiger charge is 2.57. The average molecular weight is 162 g/mol. The van der Waals surface area contributed by atoms with Crippen LogP contribution in [0.3, 0.4) is 0 Å². The lowest BCUT2D eigenvalue weighted by atomic mass is 9.41. The normalized spacial score (nSPS) is 50.7. The van der Waals surface area contributed by atoms with Gasteiger partial charge in [-0.3, -0.25) is 0 Å². The van der Waals surface area contributed by atoms with E-state index in [1.54, 1.807) is 0 Å². The lowest BCUT2D eigenvalue weighted by Crippen LogP contribution is -2.53. The summed E-state index contributed by atoms with van der Waals surface area (Å²) in [6.07, 6.45) is 17.0. The SMILES string of the molecule is C1=C[C@@]23CCCC[C@]2(CC1)CC3. The summed E-state index contributed by atoms with van der Waals surface area (Å²) in [5, 5.41) is 0. The molecule has 3 aliphatic carbocycles. The van der Waals surface area contributed by atoms with E-state index in [9.17, 15) is 0 Å². The van der Waals surface area contributed by atoms with Gasteiger partial charge < -0.3 is 0 Å². The van der Waals surface area contributed by atoms with Gasteiger partial charge in [0.15, 0.2) is 0 Å². The minimum atomic E-state index is 0.712. The Bertz CT molecular complexity index is 228. The van der Waals surface area contributed by atoms with Crippen LogP contribution in [0, 0.1) is 10.8 Å². The summed E-state index contributed by atoms with van der Waals surface area (Å²) in [6.45, 7) is 0. The van der Waals surface area contributed by atoms with Crippen LogP contribution in [0.5, 0.6) is 0 Å². The first-order valence-corrected chi connectivity index (χ1v) is 5.55. The average Bonchev–Trinajstić information content (AvgIpc) is 2.09. The zero-order valence-electron chi connectivity index (χ0n) is 7.81. The second-order valence-corrected chi connectivity index (χ2v) is 5.08. The number of allylic oxidation sites excluding steroid dienone is 2. The molecule has 2 saturated carbocycles. The molecular formula is C12H18. The molecule has 0 amide bonds. The minimum Gasteiger partial charge on any atom is -0.0879 e. The van der Waals surface area contributed by atoms with Crippen molar-refractivity contribution in [2.24, 2.45) is 10.8 Å². The summed E-state index contributed by atoms with van der Waals surface area (Å²) in [6, 6.07) is 0. The Labute approximate surface area is 75.0 Å². The smallest absolute Gasteiger partial charge is 0.00615 e. The quantitative estimate of drug-likeness (QED) is 0.477. The summed E-state index contributed by atoms with van der Waals surface area (Å²) in [5.74, 6) is 0. The van der Waals surface area contributed by atoms with Crippen molar-refractivity contribution in [2.75, 3.05) is 0 Å². The van der Waals surface area contributed by atoms with Crippen LogP contribution in [0.1, 0.15) is 51.4 Å². The maximum atomic E-state index is 2.58. The van der Waals surface area contributed by atoms with Gasteiger partial charge >= 0.3 is 0 Å². The summed E-state index contributed by atoms with van der Waals surface area (Å²) in [7, 11) is 0. The Morgan fingerprint density at radius 1 is 0.833 bits per heavy atom. The number of hydrogen-bond donors (Lipinski definition) is 0. The Balaban J connectivity index is 2.00. The van der Waals surface area contributed by atoms with Crippen molar-refractivity contribution in [1.29, 1.82) is 0 Å². The van der Waals surface area contributed by atoms with E-state index >= 15 is 0 Å². The Morgan fingerprint density at radius 3 is 2.50 bits per heavy atom. The predicted molar refractivity (Wildman–Crippen MR) is 50.9 cm³/mol. The third kappa shape index (κ3) is 0.654. The van der Waals surface area contributed by atoms with Crippen LogP contribution in [0.4, 0.5) is 0 Å². The van der Waals surface area contributed by atoms with Crippen molar-refractivity contribution in [3.05, 3.63) is 12.2 Å². The number of rotatable bonds is 0. The van der Waals surface area contributed by atoms with E-state index in [1.165, 1.54) is 51.4 Å². The molecular weight excluding hydrogens is 144 g/mol. The molecule has 0 radical (unpaired) electrons. The molecule has 2 atom stereocenters. The third-order valence-electron chi connectivity index (χ3n) is 4.86. The van der Waals surface area contributed by atoms with E-state index in [1.807, 2.05) is 0 Å². The lowest BCUT2D eigenvalue weighted by molar-refractivity contribution is -0.0909. The van der Waals surface area contributed by atoms with Crippen molar-refractivity contribution in [1.82, 2.24) is 0 Å².